The van der Waals surface area contributed by atoms with Crippen LogP contribution >= 0.6 is 0 Å². The fraction of sp³-hybridized carbons (Fsp3) is 0.933. The molecule has 0 bridgehead atoms. The van der Waals surface area contributed by atoms with Crippen LogP contribution in [0, 0.1) is 11.8 Å². The van der Waals surface area contributed by atoms with Gasteiger partial charge in [-0.1, -0.05) is 6.92 Å². The van der Waals surface area contributed by atoms with Crippen LogP contribution in [0.2, 0.25) is 0 Å². The van der Waals surface area contributed by atoms with Crippen molar-refractivity contribution in [3.05, 3.63) is 0 Å². The standard InChI is InChI=1S/C15H28N2O2/c1-11-4-6-12(7-5-11)14(18)17-9-13(8-16)19-15(2,3)10-17/h11-13H,4-10,16H2,1-3H3. The molecular formula is C15H28N2O2. The van der Waals surface area contributed by atoms with Gasteiger partial charge in [-0.15, -0.1) is 0 Å². The number of hydrogen-bond acceptors (Lipinski definition) is 3. The topological polar surface area (TPSA) is 55.6 Å². The number of nitrogens with zero attached hydrogens (tertiary/aromatic N) is 1. The third-order valence-corrected chi connectivity index (χ3v) is 4.42. The molecule has 2 rings (SSSR count). The molecule has 0 spiro atoms. The van der Waals surface area contributed by atoms with E-state index in [1.807, 2.05) is 18.7 Å². The highest BCUT2D eigenvalue weighted by atomic mass is 16.5. The highest BCUT2D eigenvalue weighted by molar-refractivity contribution is 5.79. The minimum absolute atomic E-state index is 0.0183. The van der Waals surface area contributed by atoms with E-state index in [-0.39, 0.29) is 17.6 Å². The van der Waals surface area contributed by atoms with E-state index in [9.17, 15) is 4.79 Å². The molecule has 110 valence electrons. The van der Waals surface area contributed by atoms with Crippen molar-refractivity contribution in [2.24, 2.45) is 17.6 Å². The van der Waals surface area contributed by atoms with E-state index in [2.05, 4.69) is 6.92 Å². The summed E-state index contributed by atoms with van der Waals surface area (Å²) in [6.45, 7) is 8.19. The Labute approximate surface area is 116 Å². The minimum Gasteiger partial charge on any atom is -0.367 e. The molecule has 2 fully saturated rings. The summed E-state index contributed by atoms with van der Waals surface area (Å²) in [6, 6.07) is 0. The van der Waals surface area contributed by atoms with Crippen molar-refractivity contribution in [1.82, 2.24) is 4.90 Å². The summed E-state index contributed by atoms with van der Waals surface area (Å²) in [7, 11) is 0. The quantitative estimate of drug-likeness (QED) is 0.830. The van der Waals surface area contributed by atoms with Crippen molar-refractivity contribution < 1.29 is 9.53 Å². The third-order valence-electron chi connectivity index (χ3n) is 4.42. The van der Waals surface area contributed by atoms with Gasteiger partial charge in [0.05, 0.1) is 11.7 Å². The second-order valence-electron chi connectivity index (χ2n) is 6.91. The van der Waals surface area contributed by atoms with E-state index in [4.69, 9.17) is 10.5 Å². The van der Waals surface area contributed by atoms with Crippen LogP contribution in [0.3, 0.4) is 0 Å². The zero-order valence-corrected chi connectivity index (χ0v) is 12.5. The van der Waals surface area contributed by atoms with Gasteiger partial charge in [0, 0.05) is 25.6 Å². The molecule has 1 unspecified atom stereocenters. The predicted molar refractivity (Wildman–Crippen MR) is 75.7 cm³/mol. The summed E-state index contributed by atoms with van der Waals surface area (Å²) < 4.78 is 5.89. The number of nitrogens with two attached hydrogens (primary N) is 1. The molecule has 2 aliphatic rings. The Balaban J connectivity index is 1.98. The lowest BCUT2D eigenvalue weighted by atomic mass is 9.82. The van der Waals surface area contributed by atoms with Crippen LogP contribution in [0.25, 0.3) is 0 Å². The van der Waals surface area contributed by atoms with Crippen molar-refractivity contribution in [3.63, 3.8) is 0 Å². The molecule has 0 radical (unpaired) electrons. The molecule has 1 atom stereocenters. The Kier molecular flexibility index (Phi) is 4.51. The Morgan fingerprint density at radius 3 is 2.53 bits per heavy atom. The van der Waals surface area contributed by atoms with E-state index in [1.54, 1.807) is 0 Å². The van der Waals surface area contributed by atoms with Gasteiger partial charge in [-0.25, -0.2) is 0 Å². The highest BCUT2D eigenvalue weighted by Crippen LogP contribution is 2.31. The van der Waals surface area contributed by atoms with Gasteiger partial charge in [-0.2, -0.15) is 0 Å². The Morgan fingerprint density at radius 2 is 1.95 bits per heavy atom. The fourth-order valence-electron chi connectivity index (χ4n) is 3.35. The Morgan fingerprint density at radius 1 is 1.32 bits per heavy atom. The van der Waals surface area contributed by atoms with Gasteiger partial charge >= 0.3 is 0 Å². The van der Waals surface area contributed by atoms with Gasteiger partial charge < -0.3 is 15.4 Å². The van der Waals surface area contributed by atoms with Gasteiger partial charge in [0.15, 0.2) is 0 Å². The van der Waals surface area contributed by atoms with Gasteiger partial charge in [-0.3, -0.25) is 4.79 Å². The lowest BCUT2D eigenvalue weighted by Gasteiger charge is -2.44. The number of morpholine rings is 1. The average molecular weight is 268 g/mol. The van der Waals surface area contributed by atoms with E-state index >= 15 is 0 Å². The second-order valence-corrected chi connectivity index (χ2v) is 6.91. The molecule has 4 nitrogen and oxygen atoms in total. The number of ether oxygens (including phenoxy) is 1. The summed E-state index contributed by atoms with van der Waals surface area (Å²) in [5.74, 6) is 1.33. The first kappa shape index (κ1) is 14.8. The zero-order valence-electron chi connectivity index (χ0n) is 12.5. The highest BCUT2D eigenvalue weighted by Gasteiger charge is 2.37. The normalized spacial score (nSPS) is 35.2. The van der Waals surface area contributed by atoms with E-state index in [0.29, 0.717) is 25.5 Å². The maximum atomic E-state index is 12.6. The first-order chi connectivity index (χ1) is 8.91. The molecule has 0 aromatic carbocycles. The van der Waals surface area contributed by atoms with Crippen LogP contribution < -0.4 is 5.73 Å². The van der Waals surface area contributed by atoms with E-state index in [0.717, 1.165) is 18.8 Å². The lowest BCUT2D eigenvalue weighted by Crippen LogP contribution is -2.57. The first-order valence-electron chi connectivity index (χ1n) is 7.58. The number of hydrogen-bond donors (Lipinski definition) is 1. The minimum atomic E-state index is -0.278. The monoisotopic (exact) mass is 268 g/mol. The molecular weight excluding hydrogens is 240 g/mol. The van der Waals surface area contributed by atoms with Crippen LogP contribution in [0.5, 0.6) is 0 Å². The maximum absolute atomic E-state index is 12.6. The molecule has 1 saturated carbocycles. The van der Waals surface area contributed by atoms with Crippen LogP contribution in [0.15, 0.2) is 0 Å². The van der Waals surface area contributed by atoms with Crippen molar-refractivity contribution >= 4 is 5.91 Å². The van der Waals surface area contributed by atoms with E-state index < -0.39 is 0 Å². The lowest BCUT2D eigenvalue weighted by molar-refractivity contribution is -0.163. The van der Waals surface area contributed by atoms with E-state index in [1.165, 1.54) is 12.8 Å². The van der Waals surface area contributed by atoms with Crippen LogP contribution in [-0.2, 0) is 9.53 Å². The molecule has 0 aromatic heterocycles. The Hall–Kier alpha value is -0.610. The van der Waals surface area contributed by atoms with Gasteiger partial charge in [-0.05, 0) is 45.4 Å². The summed E-state index contributed by atoms with van der Waals surface area (Å²) in [5, 5.41) is 0. The molecule has 1 aliphatic heterocycles. The number of carbonyl (C=O) groups excluding carboxylic acids is 1. The molecule has 1 aliphatic carbocycles. The number of rotatable bonds is 2. The average Bonchev–Trinajstić information content (AvgIpc) is 2.37. The van der Waals surface area contributed by atoms with Crippen molar-refractivity contribution in [2.45, 2.75) is 58.2 Å². The fourth-order valence-corrected chi connectivity index (χ4v) is 3.35. The molecule has 2 N–H and O–H groups in total. The van der Waals surface area contributed by atoms with Crippen LogP contribution in [0.1, 0.15) is 46.5 Å². The first-order valence-corrected chi connectivity index (χ1v) is 7.58. The summed E-state index contributed by atoms with van der Waals surface area (Å²) in [5.41, 5.74) is 5.44. The van der Waals surface area contributed by atoms with Gasteiger partial charge in [0.25, 0.3) is 0 Å². The summed E-state index contributed by atoms with van der Waals surface area (Å²) >= 11 is 0. The predicted octanol–water partition coefficient (Wildman–Crippen LogP) is 1.78. The van der Waals surface area contributed by atoms with Gasteiger partial charge in [0.2, 0.25) is 5.91 Å². The van der Waals surface area contributed by atoms with Gasteiger partial charge in [0.1, 0.15) is 0 Å². The molecule has 19 heavy (non-hydrogen) atoms. The largest absolute Gasteiger partial charge is 0.367 e. The number of carbonyl (C=O) groups is 1. The van der Waals surface area contributed by atoms with Crippen LogP contribution in [0.4, 0.5) is 0 Å². The molecule has 0 aromatic rings. The summed E-state index contributed by atoms with van der Waals surface area (Å²) in [6.07, 6.45) is 4.45. The Bertz CT molecular complexity index is 322. The van der Waals surface area contributed by atoms with Crippen LogP contribution in [-0.4, -0.2) is 42.1 Å². The van der Waals surface area contributed by atoms with Crippen molar-refractivity contribution in [1.29, 1.82) is 0 Å². The zero-order chi connectivity index (χ0) is 14.0. The third kappa shape index (κ3) is 3.69. The molecule has 1 saturated heterocycles. The molecule has 1 heterocycles. The number of amides is 1. The van der Waals surface area contributed by atoms with Crippen molar-refractivity contribution in [3.8, 4) is 0 Å². The molecule has 4 heteroatoms. The second kappa shape index (κ2) is 5.80. The SMILES string of the molecule is CC1CCC(C(=O)N2CC(CN)OC(C)(C)C2)CC1. The summed E-state index contributed by atoms with van der Waals surface area (Å²) in [4.78, 5) is 14.6. The van der Waals surface area contributed by atoms with Crippen molar-refractivity contribution in [2.75, 3.05) is 19.6 Å². The smallest absolute Gasteiger partial charge is 0.225 e. The molecule has 1 amide bonds. The maximum Gasteiger partial charge on any atom is 0.225 e.